The van der Waals surface area contributed by atoms with Crippen LogP contribution in [0.4, 0.5) is 0 Å². The average Bonchev–Trinajstić information content (AvgIpc) is 2.12. The molecule has 5 atom stereocenters. The molecule has 0 aromatic carbocycles. The Labute approximate surface area is 74.7 Å². The molecule has 7 nitrogen and oxygen atoms in total. The standard InChI is InChI=1S/C6H15NO6/c7-6(13)5(12)4(11)3(10)2(9)1-8/h2-6,8-13H,1,7H2/t2-,3-,4+,5+,6?/m1/s1. The van der Waals surface area contributed by atoms with Gasteiger partial charge in [0.05, 0.1) is 6.61 Å². The van der Waals surface area contributed by atoms with E-state index in [1.54, 1.807) is 0 Å². The summed E-state index contributed by atoms with van der Waals surface area (Å²) in [5.74, 6) is 0. The van der Waals surface area contributed by atoms with Crippen LogP contribution >= 0.6 is 0 Å². The van der Waals surface area contributed by atoms with Crippen molar-refractivity contribution in [1.82, 2.24) is 0 Å². The lowest BCUT2D eigenvalue weighted by Gasteiger charge is -2.26. The van der Waals surface area contributed by atoms with E-state index in [-0.39, 0.29) is 0 Å². The summed E-state index contributed by atoms with van der Waals surface area (Å²) in [5, 5.41) is 52.8. The molecule has 0 heterocycles. The molecule has 0 aliphatic heterocycles. The first-order valence-corrected chi connectivity index (χ1v) is 3.68. The van der Waals surface area contributed by atoms with Crippen LogP contribution in [0.1, 0.15) is 0 Å². The molecule has 0 aromatic heterocycles. The van der Waals surface area contributed by atoms with Gasteiger partial charge in [-0.05, 0) is 0 Å². The maximum Gasteiger partial charge on any atom is 0.131 e. The summed E-state index contributed by atoms with van der Waals surface area (Å²) >= 11 is 0. The topological polar surface area (TPSA) is 147 Å². The fourth-order valence-electron chi connectivity index (χ4n) is 0.740. The number of nitrogens with two attached hydrogens (primary N) is 1. The van der Waals surface area contributed by atoms with Gasteiger partial charge in [-0.25, -0.2) is 0 Å². The molecule has 0 saturated heterocycles. The number of aliphatic hydroxyl groups excluding tert-OH is 6. The van der Waals surface area contributed by atoms with Crippen LogP contribution in [0.3, 0.4) is 0 Å². The highest BCUT2D eigenvalue weighted by Gasteiger charge is 2.32. The van der Waals surface area contributed by atoms with Gasteiger partial charge in [-0.2, -0.15) is 0 Å². The van der Waals surface area contributed by atoms with E-state index in [9.17, 15) is 0 Å². The summed E-state index contributed by atoms with van der Waals surface area (Å²) in [6.45, 7) is -0.772. The molecule has 0 radical (unpaired) electrons. The fraction of sp³-hybridized carbons (Fsp3) is 1.00. The minimum Gasteiger partial charge on any atom is -0.394 e. The number of hydrogen-bond acceptors (Lipinski definition) is 7. The summed E-state index contributed by atoms with van der Waals surface area (Å²) in [5.41, 5.74) is 4.81. The smallest absolute Gasteiger partial charge is 0.131 e. The Morgan fingerprint density at radius 3 is 1.62 bits per heavy atom. The van der Waals surface area contributed by atoms with Gasteiger partial charge in [-0.1, -0.05) is 0 Å². The Balaban J connectivity index is 4.15. The Morgan fingerprint density at radius 2 is 1.31 bits per heavy atom. The van der Waals surface area contributed by atoms with Crippen LogP contribution in [0.15, 0.2) is 0 Å². The lowest BCUT2D eigenvalue weighted by Crippen LogP contribution is -2.52. The Bertz CT molecular complexity index is 143. The van der Waals surface area contributed by atoms with Gasteiger partial charge < -0.3 is 36.4 Å². The van der Waals surface area contributed by atoms with Crippen molar-refractivity contribution in [3.63, 3.8) is 0 Å². The van der Waals surface area contributed by atoms with Crippen LogP contribution < -0.4 is 5.73 Å². The number of aliphatic hydroxyl groups is 6. The van der Waals surface area contributed by atoms with E-state index < -0.39 is 37.3 Å². The highest BCUT2D eigenvalue weighted by Crippen LogP contribution is 2.05. The molecule has 80 valence electrons. The summed E-state index contributed by atoms with van der Waals surface area (Å²) in [6, 6.07) is 0. The van der Waals surface area contributed by atoms with Gasteiger partial charge in [0.1, 0.15) is 30.6 Å². The van der Waals surface area contributed by atoms with E-state index >= 15 is 0 Å². The van der Waals surface area contributed by atoms with Gasteiger partial charge in [-0.3, -0.25) is 0 Å². The van der Waals surface area contributed by atoms with Crippen molar-refractivity contribution in [2.75, 3.05) is 6.61 Å². The molecule has 8 N–H and O–H groups in total. The van der Waals surface area contributed by atoms with Gasteiger partial charge in [0.15, 0.2) is 0 Å². The van der Waals surface area contributed by atoms with Gasteiger partial charge in [0.2, 0.25) is 0 Å². The zero-order valence-corrected chi connectivity index (χ0v) is 6.85. The Hall–Kier alpha value is -0.280. The van der Waals surface area contributed by atoms with Crippen molar-refractivity contribution < 1.29 is 30.6 Å². The van der Waals surface area contributed by atoms with Crippen molar-refractivity contribution in [1.29, 1.82) is 0 Å². The highest BCUT2D eigenvalue weighted by molar-refractivity contribution is 4.82. The van der Waals surface area contributed by atoms with Crippen LogP contribution in [-0.4, -0.2) is 67.9 Å². The maximum absolute atomic E-state index is 9.05. The number of rotatable bonds is 5. The minimum atomic E-state index is -1.82. The summed E-state index contributed by atoms with van der Waals surface area (Å²) in [6.07, 6.45) is -8.68. The van der Waals surface area contributed by atoms with Crippen LogP contribution in [0, 0.1) is 0 Å². The minimum absolute atomic E-state index is 0.772. The third kappa shape index (κ3) is 3.53. The third-order valence-corrected chi connectivity index (χ3v) is 1.63. The van der Waals surface area contributed by atoms with Crippen LogP contribution in [0.5, 0.6) is 0 Å². The second kappa shape index (κ2) is 5.45. The van der Waals surface area contributed by atoms with Gasteiger partial charge in [0, 0.05) is 0 Å². The van der Waals surface area contributed by atoms with E-state index in [1.807, 2.05) is 0 Å². The Kier molecular flexibility index (Phi) is 5.33. The molecule has 7 heteroatoms. The lowest BCUT2D eigenvalue weighted by molar-refractivity contribution is -0.139. The molecular formula is C6H15NO6. The fourth-order valence-corrected chi connectivity index (χ4v) is 0.740. The lowest BCUT2D eigenvalue weighted by atomic mass is 10.0. The molecule has 0 rings (SSSR count). The van der Waals surface area contributed by atoms with Crippen molar-refractivity contribution in [3.05, 3.63) is 0 Å². The van der Waals surface area contributed by atoms with Gasteiger partial charge in [-0.15, -0.1) is 0 Å². The summed E-state index contributed by atoms with van der Waals surface area (Å²) in [4.78, 5) is 0. The normalized spacial score (nSPS) is 23.3. The van der Waals surface area contributed by atoms with E-state index in [0.29, 0.717) is 0 Å². The molecule has 0 fully saturated rings. The van der Waals surface area contributed by atoms with Gasteiger partial charge >= 0.3 is 0 Å². The van der Waals surface area contributed by atoms with E-state index in [1.165, 1.54) is 0 Å². The SMILES string of the molecule is NC(O)[C@@H](O)[C@@H](O)[C@H](O)[C@H](O)CO. The molecule has 0 aliphatic rings. The average molecular weight is 197 g/mol. The van der Waals surface area contributed by atoms with Crippen molar-refractivity contribution in [2.45, 2.75) is 30.6 Å². The first-order valence-electron chi connectivity index (χ1n) is 3.68. The molecule has 0 bridgehead atoms. The van der Waals surface area contributed by atoms with Crippen LogP contribution in [-0.2, 0) is 0 Å². The molecule has 0 saturated carbocycles. The third-order valence-electron chi connectivity index (χ3n) is 1.63. The molecule has 1 unspecified atom stereocenters. The summed E-state index contributed by atoms with van der Waals surface area (Å²) < 4.78 is 0. The predicted octanol–water partition coefficient (Wildman–Crippen LogP) is -4.30. The van der Waals surface area contributed by atoms with Crippen LogP contribution in [0.2, 0.25) is 0 Å². The van der Waals surface area contributed by atoms with E-state index in [0.717, 1.165) is 0 Å². The van der Waals surface area contributed by atoms with Gasteiger partial charge in [0.25, 0.3) is 0 Å². The second-order valence-electron chi connectivity index (χ2n) is 2.71. The molecular weight excluding hydrogens is 182 g/mol. The van der Waals surface area contributed by atoms with E-state index in [4.69, 9.17) is 36.4 Å². The molecule has 0 spiro atoms. The largest absolute Gasteiger partial charge is 0.394 e. The van der Waals surface area contributed by atoms with Crippen LogP contribution in [0.25, 0.3) is 0 Å². The first-order chi connectivity index (χ1) is 5.91. The predicted molar refractivity (Wildman–Crippen MR) is 41.3 cm³/mol. The zero-order chi connectivity index (χ0) is 10.6. The Morgan fingerprint density at radius 1 is 0.846 bits per heavy atom. The maximum atomic E-state index is 9.05. The van der Waals surface area contributed by atoms with Crippen molar-refractivity contribution in [2.24, 2.45) is 5.73 Å². The number of hydrogen-bond donors (Lipinski definition) is 7. The summed E-state index contributed by atoms with van der Waals surface area (Å²) in [7, 11) is 0. The highest BCUT2D eigenvalue weighted by atomic mass is 16.4. The van der Waals surface area contributed by atoms with E-state index in [2.05, 4.69) is 0 Å². The zero-order valence-electron chi connectivity index (χ0n) is 6.85. The quantitative estimate of drug-likeness (QED) is 0.220. The second-order valence-corrected chi connectivity index (χ2v) is 2.71. The molecule has 0 aliphatic carbocycles. The monoisotopic (exact) mass is 197 g/mol. The van der Waals surface area contributed by atoms with Crippen molar-refractivity contribution >= 4 is 0 Å². The molecule has 0 amide bonds. The molecule has 0 aromatic rings. The first kappa shape index (κ1) is 12.7. The molecule has 13 heavy (non-hydrogen) atoms. The van der Waals surface area contributed by atoms with Crippen molar-refractivity contribution in [3.8, 4) is 0 Å².